The number of aromatic nitrogens is 2. The van der Waals surface area contributed by atoms with Crippen LogP contribution in [-0.2, 0) is 4.74 Å². The second-order valence-electron chi connectivity index (χ2n) is 6.59. The lowest BCUT2D eigenvalue weighted by atomic mass is 9.97. The molecule has 0 unspecified atom stereocenters. The number of benzene rings is 1. The van der Waals surface area contributed by atoms with E-state index in [0.29, 0.717) is 43.7 Å². The molecule has 1 fully saturated rings. The van der Waals surface area contributed by atoms with Crippen LogP contribution in [0.1, 0.15) is 11.1 Å². The number of halogens is 2. The summed E-state index contributed by atoms with van der Waals surface area (Å²) in [7, 11) is 0. The van der Waals surface area contributed by atoms with Crippen LogP contribution in [-0.4, -0.2) is 48.1 Å². The minimum atomic E-state index is -0.545. The van der Waals surface area contributed by atoms with Crippen molar-refractivity contribution >= 4 is 46.5 Å². The number of hydrogen-bond donors (Lipinski definition) is 2. The minimum absolute atomic E-state index is 0.0461. The summed E-state index contributed by atoms with van der Waals surface area (Å²) in [6.07, 6.45) is 3.54. The van der Waals surface area contributed by atoms with Gasteiger partial charge >= 0.3 is 0 Å². The van der Waals surface area contributed by atoms with Crippen molar-refractivity contribution in [2.24, 2.45) is 4.99 Å². The van der Waals surface area contributed by atoms with Crippen LogP contribution in [0.5, 0.6) is 0 Å². The van der Waals surface area contributed by atoms with E-state index in [1.807, 2.05) is 11.0 Å². The number of nitrogens with two attached hydrogens (primary N) is 1. The number of anilines is 3. The number of nitrogens with zero attached hydrogens (tertiary/aromatic N) is 4. The first kappa shape index (κ1) is 16.5. The summed E-state index contributed by atoms with van der Waals surface area (Å²) in [5, 5.41) is 3.53. The van der Waals surface area contributed by atoms with Gasteiger partial charge in [-0.15, -0.1) is 0 Å². The van der Waals surface area contributed by atoms with Gasteiger partial charge in [0.1, 0.15) is 11.7 Å². The summed E-state index contributed by atoms with van der Waals surface area (Å²) < 4.78 is 19.9. The van der Waals surface area contributed by atoms with Gasteiger partial charge in [0.15, 0.2) is 5.82 Å². The van der Waals surface area contributed by atoms with Gasteiger partial charge in [-0.3, -0.25) is 4.99 Å². The number of ether oxygens (including phenoxy) is 1. The zero-order valence-corrected chi connectivity index (χ0v) is 15.0. The largest absolute Gasteiger partial charge is 0.396 e. The Morgan fingerprint density at radius 3 is 2.96 bits per heavy atom. The van der Waals surface area contributed by atoms with Gasteiger partial charge in [0.2, 0.25) is 5.95 Å². The van der Waals surface area contributed by atoms with Crippen molar-refractivity contribution in [2.75, 3.05) is 42.3 Å². The number of fused-ring (bicyclic) bond motifs is 3. The Morgan fingerprint density at radius 1 is 1.33 bits per heavy atom. The molecular formula is C18H16ClFN6O. The maximum Gasteiger partial charge on any atom is 0.225 e. The predicted molar refractivity (Wildman–Crippen MR) is 104 cm³/mol. The topological polar surface area (TPSA) is 88.7 Å². The van der Waals surface area contributed by atoms with Crippen LogP contribution in [0.4, 0.5) is 21.8 Å². The maximum absolute atomic E-state index is 14.8. The van der Waals surface area contributed by atoms with Gasteiger partial charge in [0, 0.05) is 29.4 Å². The van der Waals surface area contributed by atoms with Crippen molar-refractivity contribution in [3.8, 4) is 0 Å². The molecule has 0 radical (unpaired) electrons. The van der Waals surface area contributed by atoms with Crippen molar-refractivity contribution in [3.05, 3.63) is 40.3 Å². The van der Waals surface area contributed by atoms with Crippen LogP contribution in [0.3, 0.4) is 0 Å². The highest BCUT2D eigenvalue weighted by Crippen LogP contribution is 2.39. The van der Waals surface area contributed by atoms with Gasteiger partial charge < -0.3 is 20.7 Å². The van der Waals surface area contributed by atoms with Gasteiger partial charge in [-0.1, -0.05) is 11.6 Å². The van der Waals surface area contributed by atoms with Gasteiger partial charge in [0.05, 0.1) is 36.5 Å². The van der Waals surface area contributed by atoms with Crippen molar-refractivity contribution in [1.29, 1.82) is 0 Å². The van der Waals surface area contributed by atoms with Gasteiger partial charge in [-0.25, -0.2) is 9.37 Å². The molecule has 1 aromatic carbocycles. The van der Waals surface area contributed by atoms with Gasteiger partial charge in [0.25, 0.3) is 0 Å². The van der Waals surface area contributed by atoms with E-state index >= 15 is 0 Å². The standard InChI is InChI=1S/C18H16ClFN6O/c19-12-1-2-13(21)15(20)14(12)11-5-9-6-23-18(24-10-7-27-8-10)25-16(9)26-4-3-22-17(11)26/h1-2,5-6,10H,3-4,7-8,21H2,(H,23,24,25). The molecule has 0 atom stereocenters. The van der Waals surface area contributed by atoms with Crippen molar-refractivity contribution in [2.45, 2.75) is 6.04 Å². The van der Waals surface area contributed by atoms with E-state index in [1.54, 1.807) is 12.3 Å². The molecule has 0 amide bonds. The fraction of sp³-hybridized carbons (Fsp3) is 0.278. The molecule has 0 bridgehead atoms. The monoisotopic (exact) mass is 386 g/mol. The molecule has 9 heteroatoms. The predicted octanol–water partition coefficient (Wildman–Crippen LogP) is 2.43. The third kappa shape index (κ3) is 2.64. The second-order valence-corrected chi connectivity index (χ2v) is 7.00. The lowest BCUT2D eigenvalue weighted by molar-refractivity contribution is 0.0208. The molecule has 3 aliphatic heterocycles. The Morgan fingerprint density at radius 2 is 2.19 bits per heavy atom. The number of nitrogens with one attached hydrogen (secondary N) is 1. The summed E-state index contributed by atoms with van der Waals surface area (Å²) >= 11 is 6.29. The second kappa shape index (κ2) is 6.17. The van der Waals surface area contributed by atoms with Crippen LogP contribution in [0, 0.1) is 5.82 Å². The smallest absolute Gasteiger partial charge is 0.225 e. The van der Waals surface area contributed by atoms with Crippen LogP contribution < -0.4 is 16.0 Å². The Bertz CT molecular complexity index is 1000. The highest BCUT2D eigenvalue weighted by atomic mass is 35.5. The van der Waals surface area contributed by atoms with E-state index in [-0.39, 0.29) is 22.3 Å². The SMILES string of the molecule is Nc1ccc(Cl)c(C2=Cc3cnc(NC4COC4)nc3N3CCN=C23)c1F. The third-order valence-electron chi connectivity index (χ3n) is 4.79. The van der Waals surface area contributed by atoms with Crippen molar-refractivity contribution in [3.63, 3.8) is 0 Å². The van der Waals surface area contributed by atoms with Gasteiger partial charge in [-0.05, 0) is 18.2 Å². The molecule has 1 aromatic heterocycles. The van der Waals surface area contributed by atoms with E-state index < -0.39 is 5.82 Å². The molecule has 0 spiro atoms. The number of hydrogen-bond acceptors (Lipinski definition) is 7. The van der Waals surface area contributed by atoms with Crippen LogP contribution in [0.15, 0.2) is 23.3 Å². The van der Waals surface area contributed by atoms with E-state index in [9.17, 15) is 4.39 Å². The highest BCUT2D eigenvalue weighted by molar-refractivity contribution is 6.40. The molecule has 0 aliphatic carbocycles. The average Bonchev–Trinajstić information content (AvgIpc) is 3.12. The minimum Gasteiger partial charge on any atom is -0.396 e. The lowest BCUT2D eigenvalue weighted by Gasteiger charge is -2.30. The van der Waals surface area contributed by atoms with Gasteiger partial charge in [-0.2, -0.15) is 4.98 Å². The third-order valence-corrected chi connectivity index (χ3v) is 5.11. The molecule has 138 valence electrons. The summed E-state index contributed by atoms with van der Waals surface area (Å²) in [4.78, 5) is 15.5. The molecule has 27 heavy (non-hydrogen) atoms. The van der Waals surface area contributed by atoms with E-state index in [0.717, 1.165) is 11.4 Å². The molecule has 4 heterocycles. The van der Waals surface area contributed by atoms with Crippen LogP contribution >= 0.6 is 11.6 Å². The Labute approximate surface area is 159 Å². The summed E-state index contributed by atoms with van der Waals surface area (Å²) in [5.41, 5.74) is 7.42. The lowest BCUT2D eigenvalue weighted by Crippen LogP contribution is -2.41. The molecule has 1 saturated heterocycles. The van der Waals surface area contributed by atoms with E-state index in [2.05, 4.69) is 20.3 Å². The fourth-order valence-corrected chi connectivity index (χ4v) is 3.62. The Balaban J connectivity index is 1.62. The number of rotatable bonds is 3. The van der Waals surface area contributed by atoms with Crippen LogP contribution in [0.25, 0.3) is 11.6 Å². The quantitative estimate of drug-likeness (QED) is 0.788. The Kier molecular flexibility index (Phi) is 3.76. The van der Waals surface area contributed by atoms with E-state index in [1.165, 1.54) is 6.07 Å². The summed E-state index contributed by atoms with van der Waals surface area (Å²) in [5.74, 6) is 1.38. The molecule has 5 rings (SSSR count). The molecule has 0 saturated carbocycles. The maximum atomic E-state index is 14.8. The zero-order chi connectivity index (χ0) is 18.5. The molecule has 2 aromatic rings. The van der Waals surface area contributed by atoms with Crippen LogP contribution in [0.2, 0.25) is 5.02 Å². The average molecular weight is 387 g/mol. The first-order chi connectivity index (χ1) is 13.1. The Hall–Kier alpha value is -2.71. The highest BCUT2D eigenvalue weighted by Gasteiger charge is 2.33. The first-order valence-corrected chi connectivity index (χ1v) is 8.99. The first-order valence-electron chi connectivity index (χ1n) is 8.61. The normalized spacial score (nSPS) is 18.4. The van der Waals surface area contributed by atoms with Crippen molar-refractivity contribution in [1.82, 2.24) is 9.97 Å². The summed E-state index contributed by atoms with van der Waals surface area (Å²) in [6.45, 7) is 2.55. The molecule has 3 N–H and O–H groups in total. The molecule has 7 nitrogen and oxygen atoms in total. The zero-order valence-electron chi connectivity index (χ0n) is 14.2. The number of aliphatic imine (C=N–C) groups is 1. The fourth-order valence-electron chi connectivity index (χ4n) is 3.37. The van der Waals surface area contributed by atoms with Crippen molar-refractivity contribution < 1.29 is 9.13 Å². The number of nitrogen functional groups attached to an aromatic ring is 1. The molecule has 3 aliphatic rings. The summed E-state index contributed by atoms with van der Waals surface area (Å²) in [6, 6.07) is 3.28. The number of amidine groups is 1. The molecular weight excluding hydrogens is 371 g/mol. The van der Waals surface area contributed by atoms with E-state index in [4.69, 9.17) is 22.1 Å².